The highest BCUT2D eigenvalue weighted by Gasteiger charge is 2.14. The van der Waals surface area contributed by atoms with Gasteiger partial charge in [0.2, 0.25) is 0 Å². The highest BCUT2D eigenvalue weighted by Crippen LogP contribution is 2.25. The Hall–Kier alpha value is -2.97. The van der Waals surface area contributed by atoms with Crippen molar-refractivity contribution >= 4 is 34.0 Å². The second kappa shape index (κ2) is 9.69. The normalized spacial score (nSPS) is 10.8. The van der Waals surface area contributed by atoms with Gasteiger partial charge in [0.25, 0.3) is 0 Å². The van der Waals surface area contributed by atoms with E-state index in [1.807, 2.05) is 77.5 Å². The van der Waals surface area contributed by atoms with Crippen molar-refractivity contribution in [1.29, 1.82) is 0 Å². The van der Waals surface area contributed by atoms with Crippen molar-refractivity contribution in [2.45, 2.75) is 25.2 Å². The number of ketones is 1. The summed E-state index contributed by atoms with van der Waals surface area (Å²) in [6, 6.07) is 19.4. The molecular formula is C22H21N5OS2. The molecule has 0 atom stereocenters. The van der Waals surface area contributed by atoms with Crippen LogP contribution in [-0.4, -0.2) is 31.3 Å². The van der Waals surface area contributed by atoms with Crippen LogP contribution in [0.3, 0.4) is 0 Å². The molecule has 0 fully saturated rings. The van der Waals surface area contributed by atoms with E-state index in [0.29, 0.717) is 17.9 Å². The van der Waals surface area contributed by atoms with Gasteiger partial charge >= 0.3 is 0 Å². The zero-order chi connectivity index (χ0) is 20.8. The van der Waals surface area contributed by atoms with Gasteiger partial charge in [-0.15, -0.1) is 21.5 Å². The molecule has 0 amide bonds. The largest absolute Gasteiger partial charge is 0.354 e. The fourth-order valence-electron chi connectivity index (χ4n) is 2.96. The molecule has 2 aromatic carbocycles. The van der Waals surface area contributed by atoms with Crippen LogP contribution in [-0.2, 0) is 13.1 Å². The molecule has 0 spiro atoms. The Morgan fingerprint density at radius 1 is 1.07 bits per heavy atom. The lowest BCUT2D eigenvalue weighted by Gasteiger charge is -2.07. The molecule has 0 aliphatic rings. The maximum Gasteiger partial charge on any atom is 0.191 e. The Kier molecular flexibility index (Phi) is 6.56. The summed E-state index contributed by atoms with van der Waals surface area (Å²) < 4.78 is 2.03. The monoisotopic (exact) mass is 435 g/mol. The minimum Gasteiger partial charge on any atom is -0.354 e. The van der Waals surface area contributed by atoms with Gasteiger partial charge in [-0.3, -0.25) is 4.79 Å². The van der Waals surface area contributed by atoms with E-state index in [-0.39, 0.29) is 5.78 Å². The van der Waals surface area contributed by atoms with Crippen LogP contribution in [0.15, 0.2) is 71.2 Å². The second-order valence-electron chi connectivity index (χ2n) is 6.48. The van der Waals surface area contributed by atoms with Gasteiger partial charge in [0, 0.05) is 23.1 Å². The van der Waals surface area contributed by atoms with E-state index in [1.54, 1.807) is 11.3 Å². The van der Waals surface area contributed by atoms with Crippen molar-refractivity contribution in [3.8, 4) is 11.3 Å². The van der Waals surface area contributed by atoms with Crippen molar-refractivity contribution in [1.82, 2.24) is 19.7 Å². The van der Waals surface area contributed by atoms with E-state index >= 15 is 0 Å². The topological polar surface area (TPSA) is 72.7 Å². The predicted octanol–water partition coefficient (Wildman–Crippen LogP) is 5.01. The Balaban J connectivity index is 1.38. The first-order valence-electron chi connectivity index (χ1n) is 9.62. The van der Waals surface area contributed by atoms with Crippen LogP contribution in [0.4, 0.5) is 5.13 Å². The molecule has 0 aliphatic heterocycles. The summed E-state index contributed by atoms with van der Waals surface area (Å²) >= 11 is 2.98. The first-order chi connectivity index (χ1) is 14.7. The summed E-state index contributed by atoms with van der Waals surface area (Å²) in [6.45, 7) is 3.31. The number of Topliss-reactive ketones (excluding diaryl/α,β-unsaturated/α-hetero) is 1. The molecule has 0 bridgehead atoms. The third-order valence-electron chi connectivity index (χ3n) is 4.51. The third kappa shape index (κ3) is 4.77. The number of carbonyl (C=O) groups is 1. The lowest BCUT2D eigenvalue weighted by atomic mass is 10.2. The molecule has 8 heteroatoms. The maximum atomic E-state index is 12.4. The summed E-state index contributed by atoms with van der Waals surface area (Å²) in [5, 5.41) is 15.6. The SMILES string of the molecule is CCn1c(CNc2nc(-c3ccccc3)cs2)nnc1SCC(=O)c1ccccc1. The van der Waals surface area contributed by atoms with E-state index in [4.69, 9.17) is 0 Å². The van der Waals surface area contributed by atoms with E-state index in [0.717, 1.165) is 33.9 Å². The fourth-order valence-corrected chi connectivity index (χ4v) is 4.60. The van der Waals surface area contributed by atoms with Crippen molar-refractivity contribution in [3.63, 3.8) is 0 Å². The van der Waals surface area contributed by atoms with Crippen molar-refractivity contribution < 1.29 is 4.79 Å². The Morgan fingerprint density at radius 2 is 1.80 bits per heavy atom. The first-order valence-corrected chi connectivity index (χ1v) is 11.5. The van der Waals surface area contributed by atoms with Crippen molar-refractivity contribution in [2.75, 3.05) is 11.1 Å². The predicted molar refractivity (Wildman–Crippen MR) is 122 cm³/mol. The zero-order valence-corrected chi connectivity index (χ0v) is 18.1. The Morgan fingerprint density at radius 3 is 2.53 bits per heavy atom. The van der Waals surface area contributed by atoms with Gasteiger partial charge in [0.1, 0.15) is 0 Å². The number of benzene rings is 2. The van der Waals surface area contributed by atoms with Crippen LogP contribution in [0.5, 0.6) is 0 Å². The van der Waals surface area contributed by atoms with Crippen molar-refractivity contribution in [3.05, 3.63) is 77.4 Å². The molecule has 4 aromatic rings. The van der Waals surface area contributed by atoms with Crippen LogP contribution in [0, 0.1) is 0 Å². The number of rotatable bonds is 9. The van der Waals surface area contributed by atoms with Crippen LogP contribution >= 0.6 is 23.1 Å². The maximum absolute atomic E-state index is 12.4. The van der Waals surface area contributed by atoms with Gasteiger partial charge in [-0.05, 0) is 6.92 Å². The number of nitrogens with zero attached hydrogens (tertiary/aromatic N) is 4. The summed E-state index contributed by atoms with van der Waals surface area (Å²) in [5.41, 5.74) is 2.77. The van der Waals surface area contributed by atoms with Crippen LogP contribution in [0.25, 0.3) is 11.3 Å². The van der Waals surface area contributed by atoms with Gasteiger partial charge in [-0.25, -0.2) is 4.98 Å². The quantitative estimate of drug-likeness (QED) is 0.294. The number of carbonyl (C=O) groups excluding carboxylic acids is 1. The average molecular weight is 436 g/mol. The van der Waals surface area contributed by atoms with Gasteiger partial charge in [-0.1, -0.05) is 72.4 Å². The molecule has 152 valence electrons. The zero-order valence-electron chi connectivity index (χ0n) is 16.5. The smallest absolute Gasteiger partial charge is 0.191 e. The lowest BCUT2D eigenvalue weighted by molar-refractivity contribution is 0.102. The van der Waals surface area contributed by atoms with Gasteiger partial charge in [-0.2, -0.15) is 0 Å². The molecule has 4 rings (SSSR count). The molecule has 2 aromatic heterocycles. The third-order valence-corrected chi connectivity index (χ3v) is 6.28. The van der Waals surface area contributed by atoms with E-state index in [9.17, 15) is 4.79 Å². The number of hydrogen-bond acceptors (Lipinski definition) is 7. The molecule has 6 nitrogen and oxygen atoms in total. The summed E-state index contributed by atoms with van der Waals surface area (Å²) in [7, 11) is 0. The summed E-state index contributed by atoms with van der Waals surface area (Å²) in [5.74, 6) is 1.24. The molecular weight excluding hydrogens is 414 g/mol. The molecule has 2 heterocycles. The second-order valence-corrected chi connectivity index (χ2v) is 8.28. The Labute approximate surface area is 183 Å². The van der Waals surface area contributed by atoms with Gasteiger partial charge < -0.3 is 9.88 Å². The van der Waals surface area contributed by atoms with E-state index in [1.165, 1.54) is 11.8 Å². The Bertz CT molecular complexity index is 1110. The molecule has 0 aliphatic carbocycles. The number of thiazole rings is 1. The number of hydrogen-bond donors (Lipinski definition) is 1. The van der Waals surface area contributed by atoms with E-state index < -0.39 is 0 Å². The molecule has 0 saturated carbocycles. The number of nitrogens with one attached hydrogen (secondary N) is 1. The van der Waals surface area contributed by atoms with E-state index in [2.05, 4.69) is 20.5 Å². The van der Waals surface area contributed by atoms with Gasteiger partial charge in [0.05, 0.1) is 18.0 Å². The molecule has 0 radical (unpaired) electrons. The minimum atomic E-state index is 0.0853. The standard InChI is InChI=1S/C22H21N5OS2/c1-2-27-20(13-23-21-24-18(14-29-21)16-9-5-3-6-10-16)25-26-22(27)30-15-19(28)17-11-7-4-8-12-17/h3-12,14H,2,13,15H2,1H3,(H,23,24). The average Bonchev–Trinajstić information content (AvgIpc) is 3.44. The molecule has 0 unspecified atom stereocenters. The highest BCUT2D eigenvalue weighted by atomic mass is 32.2. The lowest BCUT2D eigenvalue weighted by Crippen LogP contribution is -2.09. The number of anilines is 1. The number of aromatic nitrogens is 4. The van der Waals surface area contributed by atoms with Crippen LogP contribution in [0.1, 0.15) is 23.1 Å². The van der Waals surface area contributed by atoms with Crippen LogP contribution < -0.4 is 5.32 Å². The first kappa shape index (κ1) is 20.3. The molecule has 1 N–H and O–H groups in total. The van der Waals surface area contributed by atoms with Gasteiger partial charge in [0.15, 0.2) is 21.9 Å². The molecule has 30 heavy (non-hydrogen) atoms. The fraction of sp³-hybridized carbons (Fsp3) is 0.182. The minimum absolute atomic E-state index is 0.0853. The summed E-state index contributed by atoms with van der Waals surface area (Å²) in [4.78, 5) is 17.0. The summed E-state index contributed by atoms with van der Waals surface area (Å²) in [6.07, 6.45) is 0. The highest BCUT2D eigenvalue weighted by molar-refractivity contribution is 7.99. The van der Waals surface area contributed by atoms with Crippen molar-refractivity contribution in [2.24, 2.45) is 0 Å². The van der Waals surface area contributed by atoms with Crippen LogP contribution in [0.2, 0.25) is 0 Å². The number of thioether (sulfide) groups is 1. The molecule has 0 saturated heterocycles.